The summed E-state index contributed by atoms with van der Waals surface area (Å²) in [5, 5.41) is 27.3. The molecule has 0 spiro atoms. The lowest BCUT2D eigenvalue weighted by molar-refractivity contribution is -0.132. The molecule has 2 aromatic heterocycles. The molecule has 0 bridgehead atoms. The van der Waals surface area contributed by atoms with E-state index in [1.54, 1.807) is 13.4 Å². The van der Waals surface area contributed by atoms with Gasteiger partial charge in [-0.15, -0.1) is 0 Å². The highest BCUT2D eigenvalue weighted by Crippen LogP contribution is 2.67. The third-order valence-electron chi connectivity index (χ3n) is 6.62. The molecule has 1 amide bonds. The van der Waals surface area contributed by atoms with Gasteiger partial charge in [-0.2, -0.15) is 0 Å². The second kappa shape index (κ2) is 5.62. The van der Waals surface area contributed by atoms with E-state index in [9.17, 15) is 15.0 Å². The minimum atomic E-state index is -1.10. The van der Waals surface area contributed by atoms with Gasteiger partial charge in [0.05, 0.1) is 23.9 Å². The van der Waals surface area contributed by atoms with Crippen LogP contribution in [0.25, 0.3) is 11.2 Å². The summed E-state index contributed by atoms with van der Waals surface area (Å²) in [6.07, 6.45) is 3.51. The Morgan fingerprint density at radius 3 is 2.78 bits per heavy atom. The van der Waals surface area contributed by atoms with Crippen molar-refractivity contribution >= 4 is 22.9 Å². The molecule has 3 aliphatic rings. The van der Waals surface area contributed by atoms with Gasteiger partial charge >= 0.3 is 0 Å². The summed E-state index contributed by atoms with van der Waals surface area (Å²) in [6.45, 7) is 1.83. The molecule has 27 heavy (non-hydrogen) atoms. The van der Waals surface area contributed by atoms with Gasteiger partial charge in [0.1, 0.15) is 17.4 Å². The maximum atomic E-state index is 12.3. The smallest absolute Gasteiger partial charge is 0.229 e. The van der Waals surface area contributed by atoms with E-state index in [0.29, 0.717) is 35.3 Å². The number of hydrogen-bond acceptors (Lipinski definition) is 7. The van der Waals surface area contributed by atoms with Crippen LogP contribution in [0.15, 0.2) is 6.33 Å². The van der Waals surface area contributed by atoms with Crippen molar-refractivity contribution in [2.45, 2.75) is 56.9 Å². The Bertz CT molecular complexity index is 925. The number of aliphatic hydroxyl groups is 2. The zero-order chi connectivity index (χ0) is 18.9. The summed E-state index contributed by atoms with van der Waals surface area (Å²) < 4.78 is 1.81. The Kier molecular flexibility index (Phi) is 3.51. The lowest BCUT2D eigenvalue weighted by Gasteiger charge is -2.27. The van der Waals surface area contributed by atoms with Crippen LogP contribution in [-0.2, 0) is 4.79 Å². The van der Waals surface area contributed by atoms with Crippen molar-refractivity contribution in [3.63, 3.8) is 0 Å². The summed E-state index contributed by atoms with van der Waals surface area (Å²) in [5.41, 5.74) is 0.372. The monoisotopic (exact) mass is 372 g/mol. The third kappa shape index (κ3) is 2.18. The largest absolute Gasteiger partial charge is 0.389 e. The Balaban J connectivity index is 1.55. The Morgan fingerprint density at radius 1 is 1.33 bits per heavy atom. The van der Waals surface area contributed by atoms with Crippen LogP contribution in [0.2, 0.25) is 0 Å². The van der Waals surface area contributed by atoms with Gasteiger partial charge in [0.2, 0.25) is 5.91 Å². The van der Waals surface area contributed by atoms with Gasteiger partial charge in [0, 0.05) is 19.0 Å². The van der Waals surface area contributed by atoms with E-state index in [1.165, 1.54) is 6.42 Å². The van der Waals surface area contributed by atoms with Gasteiger partial charge < -0.3 is 25.4 Å². The van der Waals surface area contributed by atoms with Gasteiger partial charge in [-0.3, -0.25) is 4.79 Å². The SMILES string of the molecule is CNC(=O)C12CC1C(n1cnc3c(NC4CCC4)nc(C)nc31)C(O)C2O. The van der Waals surface area contributed by atoms with Gasteiger partial charge in [-0.1, -0.05) is 0 Å². The van der Waals surface area contributed by atoms with E-state index in [2.05, 4.69) is 25.6 Å². The van der Waals surface area contributed by atoms with Crippen LogP contribution in [0.5, 0.6) is 0 Å². The fraction of sp³-hybridized carbons (Fsp3) is 0.667. The average molecular weight is 372 g/mol. The maximum Gasteiger partial charge on any atom is 0.229 e. The van der Waals surface area contributed by atoms with E-state index in [4.69, 9.17) is 0 Å². The molecule has 3 saturated carbocycles. The molecule has 2 aromatic rings. The summed E-state index contributed by atoms with van der Waals surface area (Å²) in [5.74, 6) is 0.970. The Labute approximate surface area is 156 Å². The van der Waals surface area contributed by atoms with E-state index in [-0.39, 0.29) is 11.8 Å². The average Bonchev–Trinajstić information content (AvgIpc) is 3.15. The minimum absolute atomic E-state index is 0.141. The topological polar surface area (TPSA) is 125 Å². The number of imidazole rings is 1. The molecule has 9 heteroatoms. The predicted molar refractivity (Wildman–Crippen MR) is 97.0 cm³/mol. The first-order valence-electron chi connectivity index (χ1n) is 9.53. The van der Waals surface area contributed by atoms with Gasteiger partial charge in [0.25, 0.3) is 0 Å². The summed E-state index contributed by atoms with van der Waals surface area (Å²) >= 11 is 0. The number of nitrogens with zero attached hydrogens (tertiary/aromatic N) is 4. The zero-order valence-electron chi connectivity index (χ0n) is 15.4. The number of nitrogens with one attached hydrogen (secondary N) is 2. The van der Waals surface area contributed by atoms with Crippen LogP contribution in [0.3, 0.4) is 0 Å². The van der Waals surface area contributed by atoms with Crippen molar-refractivity contribution in [2.24, 2.45) is 11.3 Å². The lowest BCUT2D eigenvalue weighted by atomic mass is 9.93. The molecule has 9 nitrogen and oxygen atoms in total. The van der Waals surface area contributed by atoms with Crippen molar-refractivity contribution in [2.75, 3.05) is 12.4 Å². The van der Waals surface area contributed by atoms with E-state index >= 15 is 0 Å². The predicted octanol–water partition coefficient (Wildman–Crippen LogP) is 0.128. The number of carbonyl (C=O) groups is 1. The molecule has 0 aliphatic heterocycles. The van der Waals surface area contributed by atoms with E-state index < -0.39 is 23.7 Å². The fourth-order valence-electron chi connectivity index (χ4n) is 4.88. The summed E-state index contributed by atoms with van der Waals surface area (Å²) in [6, 6.07) is -0.0240. The van der Waals surface area contributed by atoms with Gasteiger partial charge in [-0.05, 0) is 32.6 Å². The molecule has 0 aromatic carbocycles. The number of anilines is 1. The molecule has 144 valence electrons. The quantitative estimate of drug-likeness (QED) is 0.601. The fourth-order valence-corrected chi connectivity index (χ4v) is 4.88. The van der Waals surface area contributed by atoms with E-state index in [1.807, 2.05) is 11.5 Å². The molecule has 3 fully saturated rings. The lowest BCUT2D eigenvalue weighted by Crippen LogP contribution is -2.41. The molecule has 4 N–H and O–H groups in total. The zero-order valence-corrected chi connectivity index (χ0v) is 15.4. The van der Waals surface area contributed by atoms with Crippen molar-refractivity contribution < 1.29 is 15.0 Å². The minimum Gasteiger partial charge on any atom is -0.389 e. The molecule has 0 saturated heterocycles. The van der Waals surface area contributed by atoms with Crippen molar-refractivity contribution in [1.29, 1.82) is 0 Å². The molecular formula is C18H24N6O3. The molecule has 5 unspecified atom stereocenters. The first-order chi connectivity index (χ1) is 13.0. The number of aryl methyl sites for hydroxylation is 1. The summed E-state index contributed by atoms with van der Waals surface area (Å²) in [4.78, 5) is 25.9. The molecule has 5 rings (SSSR count). The first kappa shape index (κ1) is 16.9. The summed E-state index contributed by atoms with van der Waals surface area (Å²) in [7, 11) is 1.56. The Hall–Kier alpha value is -2.26. The van der Waals surface area contributed by atoms with Crippen LogP contribution in [0, 0.1) is 18.3 Å². The standard InChI is InChI=1S/C18H24N6O3/c1-8-21-15(23-9-4-3-5-9)11-16(22-8)24(7-20-11)12-10-6-18(10,17(27)19-2)14(26)13(12)25/h7,9-10,12-14,25-26H,3-6H2,1-2H3,(H,19,27)(H,21,22,23). The Morgan fingerprint density at radius 2 is 2.11 bits per heavy atom. The van der Waals surface area contributed by atoms with Crippen LogP contribution >= 0.6 is 0 Å². The second-order valence-electron chi connectivity index (χ2n) is 8.07. The number of carbonyl (C=O) groups excluding carboxylic acids is 1. The number of fused-ring (bicyclic) bond motifs is 2. The molecule has 2 heterocycles. The molecule has 0 radical (unpaired) electrons. The normalized spacial score (nSPS) is 35.0. The number of aromatic nitrogens is 4. The van der Waals surface area contributed by atoms with E-state index in [0.717, 1.165) is 12.8 Å². The molecule has 5 atom stereocenters. The second-order valence-corrected chi connectivity index (χ2v) is 8.07. The highest BCUT2D eigenvalue weighted by molar-refractivity contribution is 5.88. The van der Waals surface area contributed by atoms with Crippen molar-refractivity contribution in [3.05, 3.63) is 12.2 Å². The third-order valence-corrected chi connectivity index (χ3v) is 6.62. The maximum absolute atomic E-state index is 12.3. The van der Waals surface area contributed by atoms with Gasteiger partial charge in [-0.25, -0.2) is 15.0 Å². The van der Waals surface area contributed by atoms with Crippen molar-refractivity contribution in [1.82, 2.24) is 24.8 Å². The first-order valence-corrected chi connectivity index (χ1v) is 9.53. The van der Waals surface area contributed by atoms with Crippen LogP contribution < -0.4 is 10.6 Å². The van der Waals surface area contributed by atoms with Crippen LogP contribution in [-0.4, -0.2) is 60.9 Å². The molecular weight excluding hydrogens is 348 g/mol. The van der Waals surface area contributed by atoms with Crippen molar-refractivity contribution in [3.8, 4) is 0 Å². The number of hydrogen-bond donors (Lipinski definition) is 4. The number of amides is 1. The number of rotatable bonds is 4. The van der Waals surface area contributed by atoms with Crippen LogP contribution in [0.4, 0.5) is 5.82 Å². The number of aliphatic hydroxyl groups excluding tert-OH is 2. The van der Waals surface area contributed by atoms with Gasteiger partial charge in [0.15, 0.2) is 11.5 Å². The highest BCUT2D eigenvalue weighted by Gasteiger charge is 2.75. The highest BCUT2D eigenvalue weighted by atomic mass is 16.3. The molecule has 3 aliphatic carbocycles. The van der Waals surface area contributed by atoms with Crippen LogP contribution in [0.1, 0.15) is 37.5 Å².